The van der Waals surface area contributed by atoms with Gasteiger partial charge in [-0.2, -0.15) is 0 Å². The highest BCUT2D eigenvalue weighted by atomic mass is 16.5. The molecule has 12 nitrogen and oxygen atoms in total. The summed E-state index contributed by atoms with van der Waals surface area (Å²) in [6.45, 7) is 13.2. The quantitative estimate of drug-likeness (QED) is 0.111. The second kappa shape index (κ2) is 15.3. The Morgan fingerprint density at radius 2 is 1.27 bits per heavy atom. The monoisotopic (exact) mass is 654 g/mol. The first-order valence-electron chi connectivity index (χ1n) is 15.5. The number of carboxylic acids is 2. The van der Waals surface area contributed by atoms with Crippen LogP contribution in [0.4, 0.5) is 11.4 Å². The molecule has 2 atom stereocenters. The van der Waals surface area contributed by atoms with E-state index in [1.165, 1.54) is 0 Å². The third kappa shape index (κ3) is 8.38. The number of nitrogens with two attached hydrogens (primary N) is 1. The first-order valence-corrected chi connectivity index (χ1v) is 15.5. The van der Waals surface area contributed by atoms with Gasteiger partial charge in [-0.3, -0.25) is 9.59 Å². The van der Waals surface area contributed by atoms with Gasteiger partial charge >= 0.3 is 11.9 Å². The maximum atomic E-state index is 11.1. The molecule has 0 amide bonds. The molecule has 2 unspecified atom stereocenters. The van der Waals surface area contributed by atoms with E-state index in [0.29, 0.717) is 40.2 Å². The molecule has 0 spiro atoms. The van der Waals surface area contributed by atoms with Crippen LogP contribution in [0.2, 0.25) is 0 Å². The zero-order valence-electron chi connectivity index (χ0n) is 28.2. The lowest BCUT2D eigenvalue weighted by Crippen LogP contribution is -2.21. The SMILES string of the molecule is Cc1nc(Oc2ccccc2)c(N)c(NC(C)CC(=O)O)c1C.Cc1nc(Oc2ccccc2)c2nc(C)n(C(C)CC(=O)O)c2c1C. The molecular weight excluding hydrogens is 612 g/mol. The van der Waals surface area contributed by atoms with Gasteiger partial charge in [-0.15, -0.1) is 0 Å². The van der Waals surface area contributed by atoms with Crippen molar-refractivity contribution in [2.24, 2.45) is 0 Å². The summed E-state index contributed by atoms with van der Waals surface area (Å²) < 4.78 is 13.7. The lowest BCUT2D eigenvalue weighted by Gasteiger charge is -2.20. The van der Waals surface area contributed by atoms with Crippen LogP contribution in [-0.2, 0) is 9.59 Å². The smallest absolute Gasteiger partial charge is 0.305 e. The predicted octanol–water partition coefficient (Wildman–Crippen LogP) is 7.53. The van der Waals surface area contributed by atoms with Gasteiger partial charge < -0.3 is 35.3 Å². The Balaban J connectivity index is 0.000000218. The highest BCUT2D eigenvalue weighted by molar-refractivity contribution is 5.85. The number of nitrogens with one attached hydrogen (secondary N) is 1. The summed E-state index contributed by atoms with van der Waals surface area (Å²) in [5.41, 5.74) is 12.2. The number of aromatic nitrogens is 4. The molecule has 3 heterocycles. The van der Waals surface area contributed by atoms with Crippen LogP contribution in [-0.4, -0.2) is 47.7 Å². The topological polar surface area (TPSA) is 175 Å². The molecule has 5 N–H and O–H groups in total. The number of rotatable bonds is 11. The Hall–Kier alpha value is -5.65. The largest absolute Gasteiger partial charge is 0.481 e. The number of aryl methyl sites for hydroxylation is 4. The molecule has 48 heavy (non-hydrogen) atoms. The van der Waals surface area contributed by atoms with Crippen molar-refractivity contribution < 1.29 is 29.3 Å². The summed E-state index contributed by atoms with van der Waals surface area (Å²) in [4.78, 5) is 35.5. The van der Waals surface area contributed by atoms with Crippen LogP contribution in [0.15, 0.2) is 60.7 Å². The first-order chi connectivity index (χ1) is 22.8. The van der Waals surface area contributed by atoms with E-state index in [1.807, 2.05) is 107 Å². The van der Waals surface area contributed by atoms with Crippen LogP contribution in [0.25, 0.3) is 11.0 Å². The average molecular weight is 655 g/mol. The summed E-state index contributed by atoms with van der Waals surface area (Å²) in [5, 5.41) is 21.2. The number of hydrogen-bond donors (Lipinski definition) is 4. The third-order valence-electron chi connectivity index (χ3n) is 7.84. The Morgan fingerprint density at radius 1 is 0.771 bits per heavy atom. The van der Waals surface area contributed by atoms with E-state index in [-0.39, 0.29) is 24.9 Å². The van der Waals surface area contributed by atoms with Gasteiger partial charge in [0.05, 0.1) is 24.0 Å². The predicted molar refractivity (Wildman–Crippen MR) is 185 cm³/mol. The van der Waals surface area contributed by atoms with Gasteiger partial charge in [-0.1, -0.05) is 36.4 Å². The van der Waals surface area contributed by atoms with Crippen LogP contribution in [0.5, 0.6) is 23.3 Å². The van der Waals surface area contributed by atoms with Gasteiger partial charge in [0, 0.05) is 23.5 Å². The lowest BCUT2D eigenvalue weighted by molar-refractivity contribution is -0.138. The zero-order chi connectivity index (χ0) is 35.1. The molecule has 0 bridgehead atoms. The van der Waals surface area contributed by atoms with Crippen molar-refractivity contribution >= 4 is 34.3 Å². The lowest BCUT2D eigenvalue weighted by atomic mass is 10.1. The van der Waals surface area contributed by atoms with Gasteiger partial charge in [0.15, 0.2) is 5.52 Å². The fourth-order valence-electron chi connectivity index (χ4n) is 5.28. The number of fused-ring (bicyclic) bond motifs is 1. The van der Waals surface area contributed by atoms with Crippen LogP contribution >= 0.6 is 0 Å². The molecule has 3 aromatic heterocycles. The van der Waals surface area contributed by atoms with E-state index in [4.69, 9.17) is 25.4 Å². The second-order valence-electron chi connectivity index (χ2n) is 11.7. The number of ether oxygens (including phenoxy) is 2. The number of imidazole rings is 1. The number of carbonyl (C=O) groups is 2. The molecular formula is C36H42N6O6. The van der Waals surface area contributed by atoms with Gasteiger partial charge in [0.1, 0.15) is 23.0 Å². The Morgan fingerprint density at radius 3 is 1.81 bits per heavy atom. The van der Waals surface area contributed by atoms with Crippen molar-refractivity contribution in [3.63, 3.8) is 0 Å². The molecule has 0 radical (unpaired) electrons. The van der Waals surface area contributed by atoms with Crippen molar-refractivity contribution in [3.8, 4) is 23.3 Å². The Bertz CT molecular complexity index is 1910. The number of anilines is 2. The highest BCUT2D eigenvalue weighted by Crippen LogP contribution is 2.36. The van der Waals surface area contributed by atoms with Crippen molar-refractivity contribution in [3.05, 3.63) is 89.0 Å². The van der Waals surface area contributed by atoms with E-state index in [9.17, 15) is 9.59 Å². The number of hydrogen-bond acceptors (Lipinski definition) is 9. The van der Waals surface area contributed by atoms with E-state index >= 15 is 0 Å². The fourth-order valence-corrected chi connectivity index (χ4v) is 5.28. The molecule has 5 rings (SSSR count). The zero-order valence-corrected chi connectivity index (χ0v) is 28.2. The number of nitrogens with zero attached hydrogens (tertiary/aromatic N) is 4. The van der Waals surface area contributed by atoms with E-state index < -0.39 is 11.9 Å². The molecule has 2 aromatic carbocycles. The minimum atomic E-state index is -0.868. The molecule has 12 heteroatoms. The summed E-state index contributed by atoms with van der Waals surface area (Å²) in [5.74, 6) is 1.12. The van der Waals surface area contributed by atoms with Gasteiger partial charge in [0.2, 0.25) is 11.8 Å². The molecule has 0 saturated heterocycles. The van der Waals surface area contributed by atoms with E-state index in [2.05, 4.69) is 20.3 Å². The number of aliphatic carboxylic acids is 2. The van der Waals surface area contributed by atoms with Gasteiger partial charge in [-0.05, 0) is 83.9 Å². The third-order valence-corrected chi connectivity index (χ3v) is 7.84. The van der Waals surface area contributed by atoms with Gasteiger partial charge in [-0.25, -0.2) is 15.0 Å². The second-order valence-corrected chi connectivity index (χ2v) is 11.7. The normalized spacial score (nSPS) is 12.1. The summed E-state index contributed by atoms with van der Waals surface area (Å²) in [6.07, 6.45) is 0.0249. The maximum absolute atomic E-state index is 11.1. The summed E-state index contributed by atoms with van der Waals surface area (Å²) >= 11 is 0. The number of para-hydroxylation sites is 2. The van der Waals surface area contributed by atoms with Crippen LogP contribution < -0.4 is 20.5 Å². The van der Waals surface area contributed by atoms with Crippen molar-refractivity contribution in [1.82, 2.24) is 19.5 Å². The highest BCUT2D eigenvalue weighted by Gasteiger charge is 2.23. The number of nitrogen functional groups attached to an aromatic ring is 1. The molecule has 0 aliphatic carbocycles. The Labute approximate surface area is 279 Å². The van der Waals surface area contributed by atoms with E-state index in [0.717, 1.165) is 33.9 Å². The minimum absolute atomic E-state index is 0.00484. The molecule has 0 aliphatic heterocycles. The van der Waals surface area contributed by atoms with Gasteiger partial charge in [0.25, 0.3) is 0 Å². The molecule has 0 aliphatic rings. The summed E-state index contributed by atoms with van der Waals surface area (Å²) in [6, 6.07) is 18.2. The minimum Gasteiger partial charge on any atom is -0.481 e. The number of benzene rings is 2. The standard InChI is InChI=1S/C19H21N3O3.C17H21N3O3/c1-11(10-16(23)24)22-14(4)21-17-18(22)12(2)13(3)20-19(17)25-15-8-6-5-7-9-15;1-10(9-14(21)22)19-16-11(2)12(3)20-17(15(16)18)23-13-7-5-4-6-8-13/h5-9,11H,10H2,1-4H3,(H,23,24);4-8,10H,9,18H2,1-3H3,(H,19,20)(H,21,22). The van der Waals surface area contributed by atoms with Crippen molar-refractivity contribution in [1.29, 1.82) is 0 Å². The van der Waals surface area contributed by atoms with Crippen molar-refractivity contribution in [2.75, 3.05) is 11.1 Å². The number of carboxylic acid groups (broad SMARTS) is 2. The van der Waals surface area contributed by atoms with Crippen LogP contribution in [0.3, 0.4) is 0 Å². The molecule has 0 fully saturated rings. The molecule has 0 saturated carbocycles. The maximum Gasteiger partial charge on any atom is 0.305 e. The van der Waals surface area contributed by atoms with E-state index in [1.54, 1.807) is 6.92 Å². The molecule has 5 aromatic rings. The van der Waals surface area contributed by atoms with Crippen LogP contribution in [0, 0.1) is 34.6 Å². The van der Waals surface area contributed by atoms with Crippen molar-refractivity contribution in [2.45, 2.75) is 73.4 Å². The first kappa shape index (κ1) is 35.2. The number of pyridine rings is 2. The van der Waals surface area contributed by atoms with Crippen LogP contribution in [0.1, 0.15) is 61.1 Å². The Kier molecular flexibility index (Phi) is 11.2. The molecule has 252 valence electrons. The average Bonchev–Trinajstić information content (AvgIpc) is 3.39. The fraction of sp³-hybridized carbons (Fsp3) is 0.306. The summed E-state index contributed by atoms with van der Waals surface area (Å²) in [7, 11) is 0.